The van der Waals surface area contributed by atoms with Crippen molar-refractivity contribution in [1.82, 2.24) is 9.97 Å². The molecule has 1 saturated heterocycles. The third kappa shape index (κ3) is 2.39. The monoisotopic (exact) mass is 319 g/mol. The van der Waals surface area contributed by atoms with Crippen LogP contribution in [-0.4, -0.2) is 33.5 Å². The topological polar surface area (TPSA) is 83.4 Å². The highest BCUT2D eigenvalue weighted by Crippen LogP contribution is 2.29. The molecule has 17 heavy (non-hydrogen) atoms. The van der Waals surface area contributed by atoms with Crippen LogP contribution >= 0.6 is 27.5 Å². The van der Waals surface area contributed by atoms with E-state index in [-0.39, 0.29) is 24.0 Å². The van der Waals surface area contributed by atoms with Gasteiger partial charge in [-0.2, -0.15) is 0 Å². The predicted molar refractivity (Wildman–Crippen MR) is 62.8 cm³/mol. The van der Waals surface area contributed by atoms with E-state index in [2.05, 4.69) is 25.9 Å². The summed E-state index contributed by atoms with van der Waals surface area (Å²) < 4.78 is 0.324. The first kappa shape index (κ1) is 12.3. The predicted octanol–water partition coefficient (Wildman–Crippen LogP) is 1.33. The molecule has 1 aliphatic heterocycles. The maximum absolute atomic E-state index is 11.7. The van der Waals surface area contributed by atoms with Gasteiger partial charge >= 0.3 is 5.97 Å². The summed E-state index contributed by atoms with van der Waals surface area (Å²) >= 11 is 8.78. The molecule has 1 aromatic heterocycles. The molecule has 1 aromatic rings. The van der Waals surface area contributed by atoms with E-state index in [9.17, 15) is 9.59 Å². The number of hydrogen-bond acceptors (Lipinski definition) is 4. The van der Waals surface area contributed by atoms with E-state index in [0.29, 0.717) is 10.4 Å². The van der Waals surface area contributed by atoms with Gasteiger partial charge in [0.15, 0.2) is 10.4 Å². The van der Waals surface area contributed by atoms with Gasteiger partial charge in [-0.05, 0) is 15.9 Å². The Hall–Kier alpha value is -1.21. The lowest BCUT2D eigenvalue weighted by atomic mass is 10.1. The minimum absolute atomic E-state index is 0.0217. The molecule has 2 rings (SSSR count). The molecule has 1 N–H and O–H groups in total. The van der Waals surface area contributed by atoms with Crippen molar-refractivity contribution in [3.63, 3.8) is 0 Å². The SMILES string of the molecule is O=C(O)C1CC(=O)N(c2ncc(Cl)nc2Br)C1. The number of carboxylic acids is 1. The van der Waals surface area contributed by atoms with Crippen molar-refractivity contribution in [3.8, 4) is 0 Å². The molecule has 1 fully saturated rings. The third-order valence-electron chi connectivity index (χ3n) is 2.41. The van der Waals surface area contributed by atoms with E-state index < -0.39 is 11.9 Å². The zero-order chi connectivity index (χ0) is 12.6. The van der Waals surface area contributed by atoms with Crippen LogP contribution in [0.3, 0.4) is 0 Å². The maximum atomic E-state index is 11.7. The summed E-state index contributed by atoms with van der Waals surface area (Å²) in [5, 5.41) is 9.06. The zero-order valence-electron chi connectivity index (χ0n) is 8.43. The number of aromatic nitrogens is 2. The number of hydrogen-bond donors (Lipinski definition) is 1. The van der Waals surface area contributed by atoms with Crippen LogP contribution < -0.4 is 4.90 Å². The van der Waals surface area contributed by atoms with Gasteiger partial charge < -0.3 is 5.11 Å². The Morgan fingerprint density at radius 3 is 2.88 bits per heavy atom. The first-order valence-corrected chi connectivity index (χ1v) is 5.87. The fourth-order valence-corrected chi connectivity index (χ4v) is 2.34. The number of nitrogens with zero attached hydrogens (tertiary/aromatic N) is 3. The second-order valence-corrected chi connectivity index (χ2v) is 4.69. The summed E-state index contributed by atoms with van der Waals surface area (Å²) in [6, 6.07) is 0. The van der Waals surface area contributed by atoms with Crippen LogP contribution in [0.1, 0.15) is 6.42 Å². The Labute approximate surface area is 110 Å². The Bertz CT molecular complexity index is 496. The van der Waals surface area contributed by atoms with Gasteiger partial charge in [-0.15, -0.1) is 0 Å². The summed E-state index contributed by atoms with van der Waals surface area (Å²) in [6.07, 6.45) is 1.29. The van der Waals surface area contributed by atoms with E-state index >= 15 is 0 Å². The molecule has 2 heterocycles. The number of amides is 1. The first-order valence-electron chi connectivity index (χ1n) is 4.70. The second kappa shape index (κ2) is 4.58. The third-order valence-corrected chi connectivity index (χ3v) is 3.13. The summed E-state index contributed by atoms with van der Waals surface area (Å²) in [6.45, 7) is 0.100. The highest BCUT2D eigenvalue weighted by Gasteiger charge is 2.36. The van der Waals surface area contributed by atoms with Crippen LogP contribution in [0.25, 0.3) is 0 Å². The van der Waals surface area contributed by atoms with Gasteiger partial charge in [0.1, 0.15) is 5.15 Å². The average Bonchev–Trinajstić information content (AvgIpc) is 2.61. The van der Waals surface area contributed by atoms with Gasteiger partial charge in [-0.1, -0.05) is 11.6 Å². The number of anilines is 1. The van der Waals surface area contributed by atoms with E-state index in [0.717, 1.165) is 0 Å². The summed E-state index contributed by atoms with van der Waals surface area (Å²) in [4.78, 5) is 31.7. The molecular weight excluding hydrogens is 313 g/mol. The van der Waals surface area contributed by atoms with Crippen molar-refractivity contribution in [3.05, 3.63) is 16.0 Å². The Kier molecular flexibility index (Phi) is 3.30. The van der Waals surface area contributed by atoms with E-state index in [1.807, 2.05) is 0 Å². The smallest absolute Gasteiger partial charge is 0.308 e. The zero-order valence-corrected chi connectivity index (χ0v) is 10.8. The molecule has 1 unspecified atom stereocenters. The fourth-order valence-electron chi connectivity index (χ4n) is 1.60. The summed E-state index contributed by atoms with van der Waals surface area (Å²) in [7, 11) is 0. The number of carbonyl (C=O) groups is 2. The molecule has 0 radical (unpaired) electrons. The van der Waals surface area contributed by atoms with Crippen molar-refractivity contribution >= 4 is 45.2 Å². The number of rotatable bonds is 2. The molecule has 8 heteroatoms. The molecular formula is C9H7BrClN3O3. The van der Waals surface area contributed by atoms with Gasteiger partial charge in [0.25, 0.3) is 0 Å². The molecule has 1 aliphatic rings. The number of aliphatic carboxylic acids is 1. The quantitative estimate of drug-likeness (QED) is 0.889. The van der Waals surface area contributed by atoms with E-state index in [4.69, 9.17) is 16.7 Å². The van der Waals surface area contributed by atoms with Gasteiger partial charge in [0, 0.05) is 13.0 Å². The van der Waals surface area contributed by atoms with Crippen LogP contribution in [0.15, 0.2) is 10.8 Å². The van der Waals surface area contributed by atoms with E-state index in [1.54, 1.807) is 0 Å². The van der Waals surface area contributed by atoms with Crippen molar-refractivity contribution in [2.75, 3.05) is 11.4 Å². The lowest BCUT2D eigenvalue weighted by Gasteiger charge is -2.15. The Balaban J connectivity index is 2.29. The largest absolute Gasteiger partial charge is 0.481 e. The number of halogens is 2. The molecule has 90 valence electrons. The van der Waals surface area contributed by atoms with Crippen molar-refractivity contribution in [1.29, 1.82) is 0 Å². The van der Waals surface area contributed by atoms with Crippen LogP contribution in [0, 0.1) is 5.92 Å². The Morgan fingerprint density at radius 2 is 2.35 bits per heavy atom. The fraction of sp³-hybridized carbons (Fsp3) is 0.333. The van der Waals surface area contributed by atoms with Gasteiger partial charge in [-0.25, -0.2) is 9.97 Å². The van der Waals surface area contributed by atoms with Gasteiger partial charge in [0.2, 0.25) is 5.91 Å². The number of carboxylic acid groups (broad SMARTS) is 1. The average molecular weight is 321 g/mol. The molecule has 1 amide bonds. The summed E-state index contributed by atoms with van der Waals surface area (Å²) in [5.74, 6) is -1.68. The van der Waals surface area contributed by atoms with Crippen LogP contribution in [0.4, 0.5) is 5.82 Å². The van der Waals surface area contributed by atoms with Gasteiger partial charge in [0.05, 0.1) is 12.1 Å². The van der Waals surface area contributed by atoms with Crippen LogP contribution in [0.5, 0.6) is 0 Å². The molecule has 0 aliphatic carbocycles. The second-order valence-electron chi connectivity index (χ2n) is 3.55. The lowest BCUT2D eigenvalue weighted by molar-refractivity contribution is -0.141. The van der Waals surface area contributed by atoms with Crippen molar-refractivity contribution in [2.45, 2.75) is 6.42 Å². The molecule has 1 atom stereocenters. The van der Waals surface area contributed by atoms with E-state index in [1.165, 1.54) is 11.1 Å². The molecule has 0 aromatic carbocycles. The lowest BCUT2D eigenvalue weighted by Crippen LogP contribution is -2.27. The first-order chi connectivity index (χ1) is 7.99. The number of carbonyl (C=O) groups excluding carboxylic acids is 1. The molecule has 6 nitrogen and oxygen atoms in total. The Morgan fingerprint density at radius 1 is 1.65 bits per heavy atom. The van der Waals surface area contributed by atoms with Gasteiger partial charge in [-0.3, -0.25) is 14.5 Å². The standard InChI is InChI=1S/C9H7BrClN3O3/c10-7-8(12-2-5(11)13-7)14-3-4(9(16)17)1-6(14)15/h2,4H,1,3H2,(H,16,17). The van der Waals surface area contributed by atoms with Crippen LogP contribution in [0.2, 0.25) is 5.15 Å². The maximum Gasteiger partial charge on any atom is 0.308 e. The minimum atomic E-state index is -0.987. The molecule has 0 saturated carbocycles. The van der Waals surface area contributed by atoms with Crippen molar-refractivity contribution < 1.29 is 14.7 Å². The normalized spacial score (nSPS) is 19.8. The highest BCUT2D eigenvalue weighted by atomic mass is 79.9. The highest BCUT2D eigenvalue weighted by molar-refractivity contribution is 9.10. The van der Waals surface area contributed by atoms with Crippen LogP contribution in [-0.2, 0) is 9.59 Å². The molecule has 0 spiro atoms. The summed E-state index contributed by atoms with van der Waals surface area (Å²) in [5.41, 5.74) is 0. The minimum Gasteiger partial charge on any atom is -0.481 e. The van der Waals surface area contributed by atoms with Crippen molar-refractivity contribution in [2.24, 2.45) is 5.92 Å². The molecule has 0 bridgehead atoms.